The van der Waals surface area contributed by atoms with E-state index in [4.69, 9.17) is 17.8 Å². The van der Waals surface area contributed by atoms with Crippen LogP contribution in [-0.2, 0) is 8.87 Å². The molecule has 100 valence electrons. The van der Waals surface area contributed by atoms with Gasteiger partial charge in [0.15, 0.2) is 0 Å². The standard InChI is InChI=1S/2C7H6I.2ClH.Sn/c2*1-6-2-4-7(8)5-3-6;;;/h2*2-5H,1H2;2*1H;/q;;;;+2/p-2. The second-order valence-electron chi connectivity index (χ2n) is 4.46. The summed E-state index contributed by atoms with van der Waals surface area (Å²) in [4.78, 5) is 0. The van der Waals surface area contributed by atoms with Crippen molar-refractivity contribution >= 4 is 79.1 Å². The molecule has 19 heavy (non-hydrogen) atoms. The van der Waals surface area contributed by atoms with E-state index in [0.29, 0.717) is 0 Å². The first-order valence-electron chi connectivity index (χ1n) is 5.81. The van der Waals surface area contributed by atoms with Crippen molar-refractivity contribution in [3.05, 3.63) is 66.8 Å². The first kappa shape index (κ1) is 16.6. The van der Waals surface area contributed by atoms with Crippen LogP contribution in [0.4, 0.5) is 0 Å². The van der Waals surface area contributed by atoms with Gasteiger partial charge in [0.2, 0.25) is 0 Å². The fraction of sp³-hybridized carbons (Fsp3) is 0.143. The van der Waals surface area contributed by atoms with Gasteiger partial charge in [-0.05, 0) is 0 Å². The van der Waals surface area contributed by atoms with Crippen molar-refractivity contribution in [1.29, 1.82) is 0 Å². The quantitative estimate of drug-likeness (QED) is 0.304. The maximum atomic E-state index is 6.66. The molecule has 2 rings (SSSR count). The number of hydrogen-bond donors (Lipinski definition) is 0. The normalized spacial score (nSPS) is 11.6. The van der Waals surface area contributed by atoms with Crippen molar-refractivity contribution in [2.75, 3.05) is 0 Å². The van der Waals surface area contributed by atoms with E-state index in [1.54, 1.807) is 0 Å². The molecule has 0 radical (unpaired) electrons. The Kier molecular flexibility index (Phi) is 6.58. The van der Waals surface area contributed by atoms with Crippen LogP contribution < -0.4 is 0 Å². The van der Waals surface area contributed by atoms with Gasteiger partial charge in [-0.2, -0.15) is 0 Å². The summed E-state index contributed by atoms with van der Waals surface area (Å²) in [7, 11) is 13.3. The third-order valence-electron chi connectivity index (χ3n) is 2.75. The predicted molar refractivity (Wildman–Crippen MR) is 103 cm³/mol. The van der Waals surface area contributed by atoms with Crippen molar-refractivity contribution in [3.8, 4) is 0 Å². The minimum absolute atomic E-state index is 0.862. The second-order valence-corrected chi connectivity index (χ2v) is 24.9. The fourth-order valence-corrected chi connectivity index (χ4v) is 11.8. The molecule has 0 fully saturated rings. The average Bonchev–Trinajstić information content (AvgIpc) is 2.34. The van der Waals surface area contributed by atoms with E-state index < -0.39 is 16.1 Å². The molecule has 0 N–H and O–H groups in total. The number of benzene rings is 2. The molecule has 0 bridgehead atoms. The number of hydrogen-bond acceptors (Lipinski definition) is 0. The summed E-state index contributed by atoms with van der Waals surface area (Å²) < 4.78 is 4.20. The molecule has 0 spiro atoms. The van der Waals surface area contributed by atoms with Crippen LogP contribution in [0, 0.1) is 7.14 Å². The summed E-state index contributed by atoms with van der Waals surface area (Å²) in [6.07, 6.45) is 0. The Morgan fingerprint density at radius 3 is 1.32 bits per heavy atom. The van der Waals surface area contributed by atoms with E-state index in [-0.39, 0.29) is 0 Å². The monoisotopic (exact) mass is 624 g/mol. The molecular formula is C14H12Cl2I2Sn. The molecule has 0 heterocycles. The van der Waals surface area contributed by atoms with Gasteiger partial charge >= 0.3 is 155 Å². The van der Waals surface area contributed by atoms with Crippen molar-refractivity contribution in [1.82, 2.24) is 0 Å². The molecule has 0 aliphatic heterocycles. The van der Waals surface area contributed by atoms with Gasteiger partial charge in [0.05, 0.1) is 0 Å². The number of rotatable bonds is 4. The number of halogens is 4. The molecule has 5 heteroatoms. The van der Waals surface area contributed by atoms with E-state index in [1.807, 2.05) is 0 Å². The van der Waals surface area contributed by atoms with Crippen molar-refractivity contribution in [2.45, 2.75) is 8.87 Å². The van der Waals surface area contributed by atoms with E-state index in [2.05, 4.69) is 93.7 Å². The molecular weight excluding hydrogens is 612 g/mol. The van der Waals surface area contributed by atoms with Crippen LogP contribution >= 0.6 is 63.0 Å². The molecule has 2 aromatic rings. The molecule has 0 nitrogen and oxygen atoms in total. The molecule has 0 aliphatic rings. The minimum atomic E-state index is -3.06. The molecule has 0 saturated heterocycles. The first-order chi connectivity index (χ1) is 8.94. The van der Waals surface area contributed by atoms with Gasteiger partial charge in [0, 0.05) is 0 Å². The fourth-order valence-electron chi connectivity index (χ4n) is 1.86. The Balaban J connectivity index is 2.05. The summed E-state index contributed by atoms with van der Waals surface area (Å²) in [5.41, 5.74) is 2.51. The predicted octanol–water partition coefficient (Wildman–Crippen LogP) is 5.68. The van der Waals surface area contributed by atoms with Crippen molar-refractivity contribution in [2.24, 2.45) is 0 Å². The summed E-state index contributed by atoms with van der Waals surface area (Å²) in [6.45, 7) is 0. The Bertz CT molecular complexity index is 489. The van der Waals surface area contributed by atoms with Crippen LogP contribution in [0.15, 0.2) is 48.5 Å². The molecule has 0 amide bonds. The molecule has 2 aromatic carbocycles. The van der Waals surface area contributed by atoms with Crippen LogP contribution in [0.25, 0.3) is 0 Å². The zero-order chi connectivity index (χ0) is 13.9. The topological polar surface area (TPSA) is 0 Å². The maximum absolute atomic E-state index is 6.66. The van der Waals surface area contributed by atoms with Gasteiger partial charge in [0.25, 0.3) is 0 Å². The van der Waals surface area contributed by atoms with E-state index >= 15 is 0 Å². The van der Waals surface area contributed by atoms with Crippen molar-refractivity contribution < 1.29 is 0 Å². The van der Waals surface area contributed by atoms with Gasteiger partial charge in [-0.3, -0.25) is 0 Å². The van der Waals surface area contributed by atoms with E-state index in [9.17, 15) is 0 Å². The second kappa shape index (κ2) is 7.51. The van der Waals surface area contributed by atoms with Crippen LogP contribution in [0.1, 0.15) is 11.1 Å². The average molecular weight is 624 g/mol. The van der Waals surface area contributed by atoms with Crippen molar-refractivity contribution in [3.63, 3.8) is 0 Å². The van der Waals surface area contributed by atoms with Crippen LogP contribution in [0.2, 0.25) is 0 Å². The van der Waals surface area contributed by atoms with Gasteiger partial charge in [-0.25, -0.2) is 0 Å². The van der Waals surface area contributed by atoms with Gasteiger partial charge in [-0.1, -0.05) is 0 Å². The van der Waals surface area contributed by atoms with Gasteiger partial charge in [-0.15, -0.1) is 0 Å². The summed E-state index contributed by atoms with van der Waals surface area (Å²) in [5, 5.41) is 0. The summed E-state index contributed by atoms with van der Waals surface area (Å²) >= 11 is 1.56. The summed E-state index contributed by atoms with van der Waals surface area (Å²) in [6, 6.07) is 17.0. The third kappa shape index (κ3) is 5.88. The Labute approximate surface area is 152 Å². The van der Waals surface area contributed by atoms with E-state index in [1.165, 1.54) is 18.3 Å². The summed E-state index contributed by atoms with van der Waals surface area (Å²) in [5.74, 6) is 0. The molecule has 0 aliphatic carbocycles. The Morgan fingerprint density at radius 2 is 1.00 bits per heavy atom. The van der Waals surface area contributed by atoms with Gasteiger partial charge < -0.3 is 0 Å². The molecule has 0 unspecified atom stereocenters. The molecule has 0 saturated carbocycles. The van der Waals surface area contributed by atoms with Gasteiger partial charge in [0.1, 0.15) is 0 Å². The van der Waals surface area contributed by atoms with E-state index in [0.717, 1.165) is 8.87 Å². The Hall–Kier alpha value is 1.28. The Morgan fingerprint density at radius 1 is 0.684 bits per heavy atom. The SMILES string of the molecule is [Cl][Sn]([Cl])([CH2]c1ccc(I)cc1)[CH2]c1ccc(I)cc1. The zero-order valence-electron chi connectivity index (χ0n) is 10.0. The molecule has 0 aromatic heterocycles. The van der Waals surface area contributed by atoms with Crippen LogP contribution in [0.3, 0.4) is 0 Å². The van der Waals surface area contributed by atoms with Crippen LogP contribution in [0.5, 0.6) is 0 Å². The first-order valence-corrected chi connectivity index (χ1v) is 19.2. The third-order valence-corrected chi connectivity index (χ3v) is 13.1. The molecule has 0 atom stereocenters. The zero-order valence-corrected chi connectivity index (χ0v) is 18.7. The van der Waals surface area contributed by atoms with Crippen LogP contribution in [-0.4, -0.2) is 16.1 Å².